The molecule has 0 spiro atoms. The molecule has 1 aromatic rings. The normalized spacial score (nSPS) is 21.4. The molecule has 5 heteroatoms. The first-order chi connectivity index (χ1) is 11.5. The van der Waals surface area contributed by atoms with E-state index in [9.17, 15) is 9.59 Å². The van der Waals surface area contributed by atoms with Crippen LogP contribution < -0.4 is 0 Å². The van der Waals surface area contributed by atoms with Crippen LogP contribution in [0.25, 0.3) is 0 Å². The zero-order valence-electron chi connectivity index (χ0n) is 14.4. The summed E-state index contributed by atoms with van der Waals surface area (Å²) in [5.74, 6) is 1.85. The number of benzene rings is 1. The highest BCUT2D eigenvalue weighted by Crippen LogP contribution is 2.27. The van der Waals surface area contributed by atoms with Crippen molar-refractivity contribution in [2.75, 3.05) is 27.2 Å². The summed E-state index contributed by atoms with van der Waals surface area (Å²) in [5.41, 5.74) is 0.937. The SMILES string of the molecule is C#CCN(C)[C@H]1C[C@@H](C(=O)OC)N(C(=O)C(C)c2ccccc2)C1. The molecule has 5 nitrogen and oxygen atoms in total. The molecule has 0 bridgehead atoms. The van der Waals surface area contributed by atoms with Crippen LogP contribution in [0.4, 0.5) is 0 Å². The minimum Gasteiger partial charge on any atom is -0.467 e. The zero-order chi connectivity index (χ0) is 17.7. The molecule has 1 saturated heterocycles. The summed E-state index contributed by atoms with van der Waals surface area (Å²) >= 11 is 0. The lowest BCUT2D eigenvalue weighted by atomic mass is 9.99. The second-order valence-corrected chi connectivity index (χ2v) is 6.17. The van der Waals surface area contributed by atoms with E-state index in [1.165, 1.54) is 7.11 Å². The highest BCUT2D eigenvalue weighted by molar-refractivity contribution is 5.89. The number of amides is 1. The molecule has 128 valence electrons. The van der Waals surface area contributed by atoms with Crippen molar-refractivity contribution >= 4 is 11.9 Å². The summed E-state index contributed by atoms with van der Waals surface area (Å²) in [6.45, 7) is 2.83. The van der Waals surface area contributed by atoms with Gasteiger partial charge in [-0.05, 0) is 26.0 Å². The highest BCUT2D eigenvalue weighted by Gasteiger charge is 2.42. The van der Waals surface area contributed by atoms with Crippen LogP contribution in [0, 0.1) is 12.3 Å². The van der Waals surface area contributed by atoms with Crippen molar-refractivity contribution in [2.24, 2.45) is 0 Å². The van der Waals surface area contributed by atoms with Crippen LogP contribution in [0.5, 0.6) is 0 Å². The molecule has 1 aliphatic rings. The van der Waals surface area contributed by atoms with Crippen LogP contribution in [0.15, 0.2) is 30.3 Å². The summed E-state index contributed by atoms with van der Waals surface area (Å²) in [6.07, 6.45) is 5.91. The van der Waals surface area contributed by atoms with E-state index in [1.54, 1.807) is 4.90 Å². The smallest absolute Gasteiger partial charge is 0.328 e. The summed E-state index contributed by atoms with van der Waals surface area (Å²) in [7, 11) is 3.26. The van der Waals surface area contributed by atoms with Gasteiger partial charge in [-0.25, -0.2) is 4.79 Å². The molecule has 1 fully saturated rings. The molecule has 0 aliphatic carbocycles. The standard InChI is InChI=1S/C19H24N2O3/c1-5-11-20(3)16-12-17(19(23)24-4)21(13-16)18(22)14(2)15-9-7-6-8-10-15/h1,6-10,14,16-17H,11-13H2,2-4H3/t14?,16-,17-/m0/s1. The maximum atomic E-state index is 13.0. The van der Waals surface area contributed by atoms with Gasteiger partial charge in [0.25, 0.3) is 0 Å². The lowest BCUT2D eigenvalue weighted by Gasteiger charge is -2.26. The maximum absolute atomic E-state index is 13.0. The van der Waals surface area contributed by atoms with Gasteiger partial charge in [0, 0.05) is 12.6 Å². The number of ether oxygens (including phenoxy) is 1. The maximum Gasteiger partial charge on any atom is 0.328 e. The largest absolute Gasteiger partial charge is 0.467 e. The topological polar surface area (TPSA) is 49.9 Å². The Hall–Kier alpha value is -2.32. The fourth-order valence-electron chi connectivity index (χ4n) is 3.14. The van der Waals surface area contributed by atoms with E-state index in [1.807, 2.05) is 49.2 Å². The fraction of sp³-hybridized carbons (Fsp3) is 0.474. The molecule has 1 aromatic carbocycles. The van der Waals surface area contributed by atoms with Crippen LogP contribution in [0.3, 0.4) is 0 Å². The monoisotopic (exact) mass is 328 g/mol. The average Bonchev–Trinajstić information content (AvgIpc) is 3.06. The van der Waals surface area contributed by atoms with Gasteiger partial charge < -0.3 is 9.64 Å². The van der Waals surface area contributed by atoms with E-state index in [0.717, 1.165) is 5.56 Å². The van der Waals surface area contributed by atoms with Crippen LogP contribution >= 0.6 is 0 Å². The van der Waals surface area contributed by atoms with Gasteiger partial charge in [-0.1, -0.05) is 36.3 Å². The Bertz CT molecular complexity index is 623. The molecule has 2 rings (SSSR count). The van der Waals surface area contributed by atoms with Gasteiger partial charge in [0.1, 0.15) is 6.04 Å². The van der Waals surface area contributed by atoms with Gasteiger partial charge in [-0.2, -0.15) is 0 Å². The third kappa shape index (κ3) is 3.77. The predicted molar refractivity (Wildman–Crippen MR) is 92.2 cm³/mol. The van der Waals surface area contributed by atoms with Gasteiger partial charge in [0.2, 0.25) is 5.91 Å². The van der Waals surface area contributed by atoms with Crippen molar-refractivity contribution in [3.05, 3.63) is 35.9 Å². The number of rotatable bonds is 5. The van der Waals surface area contributed by atoms with Crippen molar-refractivity contribution in [2.45, 2.75) is 31.3 Å². The first-order valence-corrected chi connectivity index (χ1v) is 8.06. The van der Waals surface area contributed by atoms with Crippen LogP contribution in [0.1, 0.15) is 24.8 Å². The molecule has 1 aliphatic heterocycles. The lowest BCUT2D eigenvalue weighted by Crippen LogP contribution is -2.43. The number of likely N-dealkylation sites (N-methyl/N-ethyl adjacent to an activating group) is 1. The molecule has 0 N–H and O–H groups in total. The van der Waals surface area contributed by atoms with E-state index < -0.39 is 6.04 Å². The van der Waals surface area contributed by atoms with E-state index in [2.05, 4.69) is 5.92 Å². The summed E-state index contributed by atoms with van der Waals surface area (Å²) < 4.78 is 4.90. The number of likely N-dealkylation sites (tertiary alicyclic amines) is 1. The molecule has 0 aromatic heterocycles. The second kappa shape index (κ2) is 7.98. The highest BCUT2D eigenvalue weighted by atomic mass is 16.5. The number of carbonyl (C=O) groups is 2. The van der Waals surface area contributed by atoms with Crippen molar-refractivity contribution in [3.63, 3.8) is 0 Å². The fourth-order valence-corrected chi connectivity index (χ4v) is 3.14. The Kier molecular flexibility index (Phi) is 5.99. The summed E-state index contributed by atoms with van der Waals surface area (Å²) in [4.78, 5) is 28.7. The third-order valence-corrected chi connectivity index (χ3v) is 4.67. The van der Waals surface area contributed by atoms with Gasteiger partial charge in [-0.3, -0.25) is 9.69 Å². The summed E-state index contributed by atoms with van der Waals surface area (Å²) in [6, 6.07) is 9.07. The Morgan fingerprint density at radius 1 is 1.42 bits per heavy atom. The minimum atomic E-state index is -0.557. The number of hydrogen-bond acceptors (Lipinski definition) is 4. The molecule has 1 amide bonds. The Labute approximate surface area is 143 Å². The molecule has 1 unspecified atom stereocenters. The van der Waals surface area contributed by atoms with Gasteiger partial charge in [0.15, 0.2) is 0 Å². The first kappa shape index (κ1) is 18.0. The Morgan fingerprint density at radius 2 is 2.08 bits per heavy atom. The van der Waals surface area contributed by atoms with Crippen LogP contribution in [0.2, 0.25) is 0 Å². The zero-order valence-corrected chi connectivity index (χ0v) is 14.4. The molecule has 1 heterocycles. The predicted octanol–water partition coefficient (Wildman–Crippen LogP) is 1.50. The molecule has 0 saturated carbocycles. The van der Waals surface area contributed by atoms with Crippen molar-refractivity contribution in [1.82, 2.24) is 9.80 Å². The molecule has 24 heavy (non-hydrogen) atoms. The van der Waals surface area contributed by atoms with Crippen molar-refractivity contribution in [1.29, 1.82) is 0 Å². The van der Waals surface area contributed by atoms with E-state index in [-0.39, 0.29) is 23.8 Å². The number of nitrogens with zero attached hydrogens (tertiary/aromatic N) is 2. The molecule has 0 radical (unpaired) electrons. The first-order valence-electron chi connectivity index (χ1n) is 8.06. The van der Waals surface area contributed by atoms with Crippen molar-refractivity contribution in [3.8, 4) is 12.3 Å². The number of methoxy groups -OCH3 is 1. The van der Waals surface area contributed by atoms with Crippen LogP contribution in [-0.2, 0) is 14.3 Å². The Morgan fingerprint density at radius 3 is 2.67 bits per heavy atom. The number of esters is 1. The lowest BCUT2D eigenvalue weighted by molar-refractivity contribution is -0.151. The number of carbonyl (C=O) groups excluding carboxylic acids is 2. The molecular weight excluding hydrogens is 304 g/mol. The van der Waals surface area contributed by atoms with Gasteiger partial charge in [-0.15, -0.1) is 6.42 Å². The third-order valence-electron chi connectivity index (χ3n) is 4.67. The van der Waals surface area contributed by atoms with Crippen LogP contribution in [-0.4, -0.2) is 61.0 Å². The number of hydrogen-bond donors (Lipinski definition) is 0. The summed E-state index contributed by atoms with van der Waals surface area (Å²) in [5, 5.41) is 0. The quantitative estimate of drug-likeness (QED) is 0.607. The van der Waals surface area contributed by atoms with Gasteiger partial charge >= 0.3 is 5.97 Å². The Balaban J connectivity index is 2.19. The van der Waals surface area contributed by atoms with Crippen molar-refractivity contribution < 1.29 is 14.3 Å². The van der Waals surface area contributed by atoms with E-state index >= 15 is 0 Å². The second-order valence-electron chi connectivity index (χ2n) is 6.17. The van der Waals surface area contributed by atoms with E-state index in [0.29, 0.717) is 19.5 Å². The minimum absolute atomic E-state index is 0.0528. The van der Waals surface area contributed by atoms with E-state index in [4.69, 9.17) is 11.2 Å². The molecular formula is C19H24N2O3. The number of terminal acetylenes is 1. The average molecular weight is 328 g/mol. The molecule has 3 atom stereocenters. The van der Waals surface area contributed by atoms with Gasteiger partial charge in [0.05, 0.1) is 19.6 Å².